The first-order valence-corrected chi connectivity index (χ1v) is 11.5. The Bertz CT molecular complexity index is 950. The number of ether oxygens (including phenoxy) is 1. The molecule has 31 heavy (non-hydrogen) atoms. The third-order valence-electron chi connectivity index (χ3n) is 6.10. The van der Waals surface area contributed by atoms with Gasteiger partial charge in [0.15, 0.2) is 0 Å². The highest BCUT2D eigenvalue weighted by molar-refractivity contribution is 9.10. The molecule has 4 rings (SSSR count). The fourth-order valence-corrected chi connectivity index (χ4v) is 4.72. The molecule has 1 aromatic carbocycles. The normalized spacial score (nSPS) is 19.9. The largest absolute Gasteiger partial charge is 0.453 e. The Labute approximate surface area is 190 Å². The maximum Gasteiger partial charge on any atom is 0.407 e. The van der Waals surface area contributed by atoms with Gasteiger partial charge in [0.2, 0.25) is 5.91 Å². The third-order valence-corrected chi connectivity index (χ3v) is 6.63. The van der Waals surface area contributed by atoms with E-state index in [-0.39, 0.29) is 17.9 Å². The van der Waals surface area contributed by atoms with E-state index in [9.17, 15) is 9.59 Å². The number of benzene rings is 1. The fraction of sp³-hybridized carbons (Fsp3) is 0.435. The number of amides is 2. The van der Waals surface area contributed by atoms with E-state index in [1.54, 1.807) is 4.90 Å². The molecule has 2 unspecified atom stereocenters. The quantitative estimate of drug-likeness (QED) is 0.605. The van der Waals surface area contributed by atoms with Crippen molar-refractivity contribution < 1.29 is 14.3 Å². The molecule has 164 valence electrons. The molecule has 2 amide bonds. The van der Waals surface area contributed by atoms with Crippen LogP contribution in [-0.2, 0) is 9.53 Å². The Morgan fingerprint density at radius 2 is 1.97 bits per heavy atom. The maximum atomic E-state index is 13.6. The highest BCUT2D eigenvalue weighted by Crippen LogP contribution is 2.32. The average Bonchev–Trinajstić information content (AvgIpc) is 3.47. The van der Waals surface area contributed by atoms with Crippen molar-refractivity contribution >= 4 is 27.9 Å². The molecule has 1 fully saturated rings. The highest BCUT2D eigenvalue weighted by atomic mass is 79.9. The summed E-state index contributed by atoms with van der Waals surface area (Å²) in [4.78, 5) is 35.3. The molecule has 0 spiro atoms. The van der Waals surface area contributed by atoms with Gasteiger partial charge in [-0.05, 0) is 30.9 Å². The number of methoxy groups -OCH3 is 1. The number of alkyl carbamates (subject to hydrolysis) is 1. The number of carbonyl (C=O) groups is 2. The molecule has 2 N–H and O–H groups in total. The molecule has 1 aliphatic heterocycles. The van der Waals surface area contributed by atoms with E-state index in [1.165, 1.54) is 13.5 Å². The molecule has 1 aliphatic carbocycles. The van der Waals surface area contributed by atoms with Crippen LogP contribution < -0.4 is 5.32 Å². The van der Waals surface area contributed by atoms with E-state index in [0.29, 0.717) is 12.4 Å². The fourth-order valence-electron chi connectivity index (χ4n) is 4.46. The second-order valence-electron chi connectivity index (χ2n) is 8.05. The summed E-state index contributed by atoms with van der Waals surface area (Å²) in [6.07, 6.45) is 10.4. The first-order chi connectivity index (χ1) is 15.1. The zero-order valence-electron chi connectivity index (χ0n) is 17.5. The first kappa shape index (κ1) is 21.6. The van der Waals surface area contributed by atoms with Crippen LogP contribution in [-0.4, -0.2) is 46.6 Å². The number of aromatic amines is 1. The van der Waals surface area contributed by atoms with Gasteiger partial charge in [-0.3, -0.25) is 4.79 Å². The summed E-state index contributed by atoms with van der Waals surface area (Å²) >= 11 is 3.45. The Kier molecular flexibility index (Phi) is 6.75. The lowest BCUT2D eigenvalue weighted by atomic mass is 9.83. The zero-order chi connectivity index (χ0) is 21.8. The van der Waals surface area contributed by atoms with Crippen LogP contribution in [0.1, 0.15) is 44.0 Å². The SMILES string of the molecule is COC(=O)NC(C(=O)N1CC=CC1c1nc(-c2ccc(Br)cc2)c[nH]1)C1CCCCC1. The number of H-pyrrole nitrogens is 1. The van der Waals surface area contributed by atoms with Crippen LogP contribution in [0.5, 0.6) is 0 Å². The summed E-state index contributed by atoms with van der Waals surface area (Å²) in [5, 5.41) is 2.81. The molecule has 7 nitrogen and oxygen atoms in total. The van der Waals surface area contributed by atoms with Crippen LogP contribution in [0.3, 0.4) is 0 Å². The average molecular weight is 487 g/mol. The first-order valence-electron chi connectivity index (χ1n) is 10.7. The van der Waals surface area contributed by atoms with Crippen molar-refractivity contribution in [2.75, 3.05) is 13.7 Å². The summed E-state index contributed by atoms with van der Waals surface area (Å²) in [6.45, 7) is 0.490. The number of hydrogen-bond acceptors (Lipinski definition) is 4. The molecule has 8 heteroatoms. The van der Waals surface area contributed by atoms with Crippen molar-refractivity contribution in [2.24, 2.45) is 5.92 Å². The lowest BCUT2D eigenvalue weighted by Gasteiger charge is -2.34. The highest BCUT2D eigenvalue weighted by Gasteiger charge is 2.38. The van der Waals surface area contributed by atoms with Gasteiger partial charge in [-0.25, -0.2) is 9.78 Å². The molecule has 0 bridgehead atoms. The van der Waals surface area contributed by atoms with Gasteiger partial charge >= 0.3 is 6.09 Å². The molecule has 1 saturated carbocycles. The van der Waals surface area contributed by atoms with Crippen molar-refractivity contribution in [3.63, 3.8) is 0 Å². The number of imidazole rings is 1. The Morgan fingerprint density at radius 1 is 1.23 bits per heavy atom. The minimum absolute atomic E-state index is 0.0890. The molecule has 2 aromatic rings. The second-order valence-corrected chi connectivity index (χ2v) is 8.97. The summed E-state index contributed by atoms with van der Waals surface area (Å²) in [5.74, 6) is 0.742. The smallest absolute Gasteiger partial charge is 0.407 e. The summed E-state index contributed by atoms with van der Waals surface area (Å²) in [5.41, 5.74) is 1.82. The molecule has 0 saturated heterocycles. The molecule has 0 radical (unpaired) electrons. The zero-order valence-corrected chi connectivity index (χ0v) is 19.1. The van der Waals surface area contributed by atoms with Gasteiger partial charge in [-0.2, -0.15) is 0 Å². The van der Waals surface area contributed by atoms with E-state index < -0.39 is 12.1 Å². The second kappa shape index (κ2) is 9.68. The minimum Gasteiger partial charge on any atom is -0.453 e. The van der Waals surface area contributed by atoms with Crippen LogP contribution in [0, 0.1) is 5.92 Å². The number of carbonyl (C=O) groups excluding carboxylic acids is 2. The molecular formula is C23H27BrN4O3. The van der Waals surface area contributed by atoms with E-state index in [1.807, 2.05) is 42.6 Å². The number of halogens is 1. The van der Waals surface area contributed by atoms with Gasteiger partial charge in [0.05, 0.1) is 12.8 Å². The van der Waals surface area contributed by atoms with Crippen molar-refractivity contribution in [1.29, 1.82) is 0 Å². The third kappa shape index (κ3) is 4.84. The van der Waals surface area contributed by atoms with Gasteiger partial charge in [-0.15, -0.1) is 0 Å². The van der Waals surface area contributed by atoms with Crippen molar-refractivity contribution in [3.8, 4) is 11.3 Å². The molecule has 1 aromatic heterocycles. The van der Waals surface area contributed by atoms with Crippen molar-refractivity contribution in [1.82, 2.24) is 20.2 Å². The predicted molar refractivity (Wildman–Crippen MR) is 121 cm³/mol. The predicted octanol–water partition coefficient (Wildman–Crippen LogP) is 4.58. The molecular weight excluding hydrogens is 460 g/mol. The van der Waals surface area contributed by atoms with Gasteiger partial charge in [-0.1, -0.05) is 59.5 Å². The summed E-state index contributed by atoms with van der Waals surface area (Å²) < 4.78 is 5.81. The Morgan fingerprint density at radius 3 is 2.68 bits per heavy atom. The van der Waals surface area contributed by atoms with Crippen LogP contribution in [0.2, 0.25) is 0 Å². The lowest BCUT2D eigenvalue weighted by Crippen LogP contribution is -2.52. The van der Waals surface area contributed by atoms with E-state index in [2.05, 4.69) is 26.2 Å². The van der Waals surface area contributed by atoms with Crippen LogP contribution in [0.15, 0.2) is 47.1 Å². The Balaban J connectivity index is 1.54. The van der Waals surface area contributed by atoms with E-state index in [4.69, 9.17) is 9.72 Å². The lowest BCUT2D eigenvalue weighted by molar-refractivity contribution is -0.135. The summed E-state index contributed by atoms with van der Waals surface area (Å²) in [6, 6.07) is 7.07. The number of rotatable bonds is 5. The van der Waals surface area contributed by atoms with Crippen LogP contribution in [0.25, 0.3) is 11.3 Å². The van der Waals surface area contributed by atoms with Crippen molar-refractivity contribution in [2.45, 2.75) is 44.2 Å². The number of nitrogens with one attached hydrogen (secondary N) is 2. The maximum absolute atomic E-state index is 13.6. The molecule has 2 aliphatic rings. The number of nitrogens with zero attached hydrogens (tertiary/aromatic N) is 2. The van der Waals surface area contributed by atoms with Gasteiger partial charge in [0, 0.05) is 22.8 Å². The summed E-state index contributed by atoms with van der Waals surface area (Å²) in [7, 11) is 1.32. The van der Waals surface area contributed by atoms with Gasteiger partial charge in [0.25, 0.3) is 0 Å². The topological polar surface area (TPSA) is 87.3 Å². The van der Waals surface area contributed by atoms with Gasteiger partial charge in [0.1, 0.15) is 17.9 Å². The van der Waals surface area contributed by atoms with Crippen molar-refractivity contribution in [3.05, 3.63) is 52.9 Å². The molecule has 2 heterocycles. The Hall–Kier alpha value is -2.61. The van der Waals surface area contributed by atoms with E-state index in [0.717, 1.165) is 41.4 Å². The van der Waals surface area contributed by atoms with Gasteiger partial charge < -0.3 is 19.9 Å². The van der Waals surface area contributed by atoms with Crippen LogP contribution >= 0.6 is 15.9 Å². The van der Waals surface area contributed by atoms with Crippen LogP contribution in [0.4, 0.5) is 4.79 Å². The number of aromatic nitrogens is 2. The minimum atomic E-state index is -0.587. The van der Waals surface area contributed by atoms with E-state index >= 15 is 0 Å². The standard InChI is InChI=1S/C23H27BrN4O3/c1-31-23(30)27-20(16-6-3-2-4-7-16)22(29)28-13-5-8-19(28)21-25-14-18(26-21)15-9-11-17(24)12-10-15/h5,8-12,14,16,19-20H,2-4,6-7,13H2,1H3,(H,25,26)(H,27,30). The molecule has 2 atom stereocenters. The monoisotopic (exact) mass is 486 g/mol. The number of hydrogen-bond donors (Lipinski definition) is 2.